The van der Waals surface area contributed by atoms with E-state index in [0.29, 0.717) is 12.2 Å². The van der Waals surface area contributed by atoms with E-state index in [-0.39, 0.29) is 5.91 Å². The maximum absolute atomic E-state index is 12.1. The topological polar surface area (TPSA) is 54.9 Å². The first kappa shape index (κ1) is 14.5. The fourth-order valence-corrected chi connectivity index (χ4v) is 2.58. The zero-order chi connectivity index (χ0) is 14.5. The average Bonchev–Trinajstić information content (AvgIpc) is 2.37. The number of nitrogens with one attached hydrogen (secondary N) is 1. The number of pyridine rings is 2. The molecule has 2 aromatic heterocycles. The number of amides is 1. The maximum Gasteiger partial charge on any atom is 0.230 e. The van der Waals surface area contributed by atoms with Crippen LogP contribution in [-0.2, 0) is 11.2 Å². The van der Waals surface area contributed by atoms with Crippen molar-refractivity contribution in [2.24, 2.45) is 0 Å². The smallest absolute Gasteiger partial charge is 0.230 e. The highest BCUT2D eigenvalue weighted by molar-refractivity contribution is 7.98. The van der Waals surface area contributed by atoms with E-state index in [9.17, 15) is 4.79 Å². The summed E-state index contributed by atoms with van der Waals surface area (Å²) in [6.45, 7) is 3.90. The summed E-state index contributed by atoms with van der Waals surface area (Å²) in [6.07, 6.45) is 3.99. The molecule has 2 rings (SSSR count). The lowest BCUT2D eigenvalue weighted by atomic mass is 10.2. The van der Waals surface area contributed by atoms with Crippen LogP contribution in [0.5, 0.6) is 0 Å². The van der Waals surface area contributed by atoms with Crippen LogP contribution in [0.15, 0.2) is 35.5 Å². The fraction of sp³-hybridized carbons (Fsp3) is 0.267. The van der Waals surface area contributed by atoms with Crippen molar-refractivity contribution in [1.82, 2.24) is 9.97 Å². The third-order valence-corrected chi connectivity index (χ3v) is 3.51. The molecule has 0 aliphatic rings. The third-order valence-electron chi connectivity index (χ3n) is 2.76. The highest BCUT2D eigenvalue weighted by Crippen LogP contribution is 2.18. The molecule has 2 heterocycles. The molecule has 0 radical (unpaired) electrons. The number of hydrogen-bond acceptors (Lipinski definition) is 4. The Bertz CT molecular complexity index is 608. The number of aryl methyl sites for hydroxylation is 2. The monoisotopic (exact) mass is 287 g/mol. The van der Waals surface area contributed by atoms with Crippen LogP contribution >= 0.6 is 11.8 Å². The van der Waals surface area contributed by atoms with Crippen molar-refractivity contribution in [3.05, 3.63) is 47.3 Å². The lowest BCUT2D eigenvalue weighted by Gasteiger charge is -2.08. The zero-order valence-corrected chi connectivity index (χ0v) is 12.6. The molecule has 0 spiro atoms. The van der Waals surface area contributed by atoms with Gasteiger partial charge < -0.3 is 5.32 Å². The molecule has 4 nitrogen and oxygen atoms in total. The molecule has 0 atom stereocenters. The Morgan fingerprint density at radius 3 is 2.85 bits per heavy atom. The van der Waals surface area contributed by atoms with Crippen LogP contribution in [0.1, 0.15) is 16.8 Å². The molecule has 0 fully saturated rings. The number of carbonyl (C=O) groups is 1. The molecular weight excluding hydrogens is 270 g/mol. The van der Waals surface area contributed by atoms with Gasteiger partial charge in [0.1, 0.15) is 5.82 Å². The molecule has 0 aliphatic carbocycles. The van der Waals surface area contributed by atoms with E-state index in [1.54, 1.807) is 18.0 Å². The Morgan fingerprint density at radius 1 is 1.35 bits per heavy atom. The summed E-state index contributed by atoms with van der Waals surface area (Å²) in [5.74, 6) is 0.521. The Hall–Kier alpha value is -1.88. The highest BCUT2D eigenvalue weighted by Gasteiger charge is 2.09. The molecule has 0 saturated carbocycles. The number of anilines is 1. The molecule has 0 aliphatic heterocycles. The molecule has 0 unspecified atom stereocenters. The van der Waals surface area contributed by atoms with Gasteiger partial charge in [0.15, 0.2) is 0 Å². The van der Waals surface area contributed by atoms with Crippen LogP contribution in [0, 0.1) is 13.8 Å². The standard InChI is InChI=1S/C15H17N3OS/c1-10-7-11(2)17-13(8-10)18-14(19)9-12-5-4-6-16-15(12)20-3/h4-8H,9H2,1-3H3,(H,17,18,19). The van der Waals surface area contributed by atoms with Crippen LogP contribution in [0.4, 0.5) is 5.82 Å². The second kappa shape index (κ2) is 6.52. The molecule has 20 heavy (non-hydrogen) atoms. The summed E-state index contributed by atoms with van der Waals surface area (Å²) >= 11 is 1.54. The predicted octanol–water partition coefficient (Wildman–Crippen LogP) is 3.00. The minimum absolute atomic E-state index is 0.0780. The van der Waals surface area contributed by atoms with Crippen molar-refractivity contribution in [2.45, 2.75) is 25.3 Å². The minimum Gasteiger partial charge on any atom is -0.310 e. The Kier molecular flexibility index (Phi) is 4.74. The molecule has 1 amide bonds. The molecule has 0 aromatic carbocycles. The molecule has 5 heteroatoms. The van der Waals surface area contributed by atoms with E-state index >= 15 is 0 Å². The van der Waals surface area contributed by atoms with Gasteiger partial charge in [0, 0.05) is 11.9 Å². The Morgan fingerprint density at radius 2 is 2.15 bits per heavy atom. The van der Waals surface area contributed by atoms with Crippen molar-refractivity contribution in [1.29, 1.82) is 0 Å². The normalized spacial score (nSPS) is 10.3. The largest absolute Gasteiger partial charge is 0.310 e. The quantitative estimate of drug-likeness (QED) is 0.878. The minimum atomic E-state index is -0.0780. The molecule has 104 valence electrons. The summed E-state index contributed by atoms with van der Waals surface area (Å²) in [7, 11) is 0. The molecule has 1 N–H and O–H groups in total. The van der Waals surface area contributed by atoms with Gasteiger partial charge in [-0.25, -0.2) is 9.97 Å². The van der Waals surface area contributed by atoms with Gasteiger partial charge in [0.25, 0.3) is 0 Å². The van der Waals surface area contributed by atoms with Crippen LogP contribution in [-0.4, -0.2) is 22.1 Å². The first-order chi connectivity index (χ1) is 9.58. The predicted molar refractivity (Wildman–Crippen MR) is 82.1 cm³/mol. The fourth-order valence-electron chi connectivity index (χ4n) is 2.01. The van der Waals surface area contributed by atoms with E-state index in [2.05, 4.69) is 15.3 Å². The molecule has 0 saturated heterocycles. The van der Waals surface area contributed by atoms with Gasteiger partial charge in [-0.2, -0.15) is 0 Å². The van der Waals surface area contributed by atoms with E-state index in [1.807, 2.05) is 44.4 Å². The van der Waals surface area contributed by atoms with Crippen molar-refractivity contribution in [2.75, 3.05) is 11.6 Å². The second-order valence-corrected chi connectivity index (χ2v) is 5.36. The molecule has 2 aromatic rings. The number of nitrogens with zero attached hydrogens (tertiary/aromatic N) is 2. The van der Waals surface area contributed by atoms with Crippen molar-refractivity contribution >= 4 is 23.5 Å². The van der Waals surface area contributed by atoms with Crippen LogP contribution in [0.25, 0.3) is 0 Å². The van der Waals surface area contributed by atoms with Crippen molar-refractivity contribution in [3.8, 4) is 0 Å². The van der Waals surface area contributed by atoms with Crippen LogP contribution < -0.4 is 5.32 Å². The number of hydrogen-bond donors (Lipinski definition) is 1. The molecular formula is C15H17N3OS. The number of carbonyl (C=O) groups excluding carboxylic acids is 1. The van der Waals surface area contributed by atoms with Gasteiger partial charge in [0.05, 0.1) is 11.4 Å². The molecule has 0 bridgehead atoms. The maximum atomic E-state index is 12.1. The van der Waals surface area contributed by atoms with Gasteiger partial charge in [-0.1, -0.05) is 6.07 Å². The summed E-state index contributed by atoms with van der Waals surface area (Å²) in [6, 6.07) is 7.61. The second-order valence-electron chi connectivity index (χ2n) is 4.57. The van der Waals surface area contributed by atoms with Crippen LogP contribution in [0.2, 0.25) is 0 Å². The van der Waals surface area contributed by atoms with Crippen molar-refractivity contribution in [3.63, 3.8) is 0 Å². The number of thioether (sulfide) groups is 1. The van der Waals surface area contributed by atoms with E-state index in [0.717, 1.165) is 21.8 Å². The summed E-state index contributed by atoms with van der Waals surface area (Å²) < 4.78 is 0. The lowest BCUT2D eigenvalue weighted by Crippen LogP contribution is -2.16. The van der Waals surface area contributed by atoms with Crippen LogP contribution in [0.3, 0.4) is 0 Å². The Balaban J connectivity index is 2.09. The average molecular weight is 287 g/mol. The van der Waals surface area contributed by atoms with E-state index < -0.39 is 0 Å². The van der Waals surface area contributed by atoms with E-state index in [1.165, 1.54) is 0 Å². The lowest BCUT2D eigenvalue weighted by molar-refractivity contribution is -0.115. The number of aromatic nitrogens is 2. The van der Waals surface area contributed by atoms with Gasteiger partial charge in [0.2, 0.25) is 5.91 Å². The Labute approximate surface area is 123 Å². The van der Waals surface area contributed by atoms with Gasteiger partial charge in [-0.3, -0.25) is 4.79 Å². The van der Waals surface area contributed by atoms with Gasteiger partial charge in [-0.15, -0.1) is 11.8 Å². The number of rotatable bonds is 4. The summed E-state index contributed by atoms with van der Waals surface area (Å²) in [4.78, 5) is 20.6. The zero-order valence-electron chi connectivity index (χ0n) is 11.8. The summed E-state index contributed by atoms with van der Waals surface area (Å²) in [5.41, 5.74) is 2.91. The first-order valence-electron chi connectivity index (χ1n) is 6.31. The van der Waals surface area contributed by atoms with E-state index in [4.69, 9.17) is 0 Å². The van der Waals surface area contributed by atoms with Gasteiger partial charge in [-0.05, 0) is 49.4 Å². The highest BCUT2D eigenvalue weighted by atomic mass is 32.2. The van der Waals surface area contributed by atoms with Crippen molar-refractivity contribution < 1.29 is 4.79 Å². The van der Waals surface area contributed by atoms with Gasteiger partial charge >= 0.3 is 0 Å². The SMILES string of the molecule is CSc1ncccc1CC(=O)Nc1cc(C)cc(C)n1. The first-order valence-corrected chi connectivity index (χ1v) is 7.54. The third kappa shape index (κ3) is 3.81. The summed E-state index contributed by atoms with van der Waals surface area (Å²) in [5, 5.41) is 3.72.